The van der Waals surface area contributed by atoms with Crippen LogP contribution >= 0.6 is 11.6 Å². The molecule has 1 aliphatic heterocycles. The van der Waals surface area contributed by atoms with Gasteiger partial charge in [0.1, 0.15) is 18.1 Å². The molecule has 0 atom stereocenters. The van der Waals surface area contributed by atoms with Crippen LogP contribution in [0, 0.1) is 0 Å². The minimum absolute atomic E-state index is 0.0410. The van der Waals surface area contributed by atoms with Crippen LogP contribution in [-0.2, 0) is 13.2 Å². The average molecular weight is 380 g/mol. The number of amides is 2. The van der Waals surface area contributed by atoms with Crippen LogP contribution in [0.4, 0.5) is 0 Å². The molecule has 0 aliphatic carbocycles. The number of nitrogens with zero attached hydrogens (tertiary/aromatic N) is 3. The van der Waals surface area contributed by atoms with Gasteiger partial charge in [0.15, 0.2) is 5.15 Å². The molecule has 0 spiro atoms. The Bertz CT molecular complexity index is 989. The molecule has 0 fully saturated rings. The molecule has 2 amide bonds. The molecule has 0 saturated carbocycles. The zero-order chi connectivity index (χ0) is 18.8. The topological polar surface area (TPSA) is 72.4 Å². The number of carbonyl (C=O) groups excluding carboxylic acids is 2. The van der Waals surface area contributed by atoms with Crippen LogP contribution < -0.4 is 4.74 Å². The number of fused-ring (bicyclic) bond motifs is 1. The standard InChI is InChI=1S/C20H14ClN3O3/c21-18-10-17(27-12-13-6-2-1-3-7-13)16(22-23-18)11-24-19(25)14-8-4-5-9-15(14)20(24)26/h1-10H,11-12H2. The summed E-state index contributed by atoms with van der Waals surface area (Å²) in [7, 11) is 0. The molecule has 0 bridgehead atoms. The predicted molar refractivity (Wildman–Crippen MR) is 98.5 cm³/mol. The highest BCUT2D eigenvalue weighted by molar-refractivity contribution is 6.29. The Labute approximate surface area is 160 Å². The van der Waals surface area contributed by atoms with Gasteiger partial charge in [-0.15, -0.1) is 10.2 Å². The lowest BCUT2D eigenvalue weighted by atomic mass is 10.1. The molecule has 6 nitrogen and oxygen atoms in total. The summed E-state index contributed by atoms with van der Waals surface area (Å²) in [6, 6.07) is 17.9. The van der Waals surface area contributed by atoms with Gasteiger partial charge < -0.3 is 4.74 Å². The van der Waals surface area contributed by atoms with Crippen molar-refractivity contribution >= 4 is 23.4 Å². The number of rotatable bonds is 5. The van der Waals surface area contributed by atoms with Gasteiger partial charge in [0.2, 0.25) is 0 Å². The Morgan fingerprint density at radius 2 is 1.52 bits per heavy atom. The summed E-state index contributed by atoms with van der Waals surface area (Å²) in [6.07, 6.45) is 0. The number of hydrogen-bond donors (Lipinski definition) is 0. The number of aromatic nitrogens is 2. The van der Waals surface area contributed by atoms with E-state index in [4.69, 9.17) is 16.3 Å². The van der Waals surface area contributed by atoms with E-state index in [0.717, 1.165) is 10.5 Å². The van der Waals surface area contributed by atoms with E-state index >= 15 is 0 Å². The fourth-order valence-corrected chi connectivity index (χ4v) is 3.02. The van der Waals surface area contributed by atoms with Gasteiger partial charge in [0.05, 0.1) is 17.7 Å². The second-order valence-corrected chi connectivity index (χ2v) is 6.38. The smallest absolute Gasteiger partial charge is 0.261 e. The molecular formula is C20H14ClN3O3. The molecule has 0 N–H and O–H groups in total. The van der Waals surface area contributed by atoms with E-state index in [9.17, 15) is 9.59 Å². The molecule has 3 aromatic rings. The monoisotopic (exact) mass is 379 g/mol. The summed E-state index contributed by atoms with van der Waals surface area (Å²) in [5.74, 6) is -0.335. The highest BCUT2D eigenvalue weighted by Gasteiger charge is 2.36. The fourth-order valence-electron chi connectivity index (χ4n) is 2.88. The molecule has 0 unspecified atom stereocenters. The van der Waals surface area contributed by atoms with Crippen molar-refractivity contribution in [1.82, 2.24) is 15.1 Å². The van der Waals surface area contributed by atoms with Crippen LogP contribution in [0.5, 0.6) is 5.75 Å². The second kappa shape index (κ2) is 7.17. The molecular weight excluding hydrogens is 366 g/mol. The lowest BCUT2D eigenvalue weighted by molar-refractivity contribution is 0.0638. The third kappa shape index (κ3) is 3.39. The number of imide groups is 1. The van der Waals surface area contributed by atoms with Crippen molar-refractivity contribution in [2.45, 2.75) is 13.2 Å². The lowest BCUT2D eigenvalue weighted by Gasteiger charge is -2.16. The second-order valence-electron chi connectivity index (χ2n) is 5.99. The van der Waals surface area contributed by atoms with Crippen molar-refractivity contribution < 1.29 is 14.3 Å². The van der Waals surface area contributed by atoms with Crippen LogP contribution in [-0.4, -0.2) is 26.9 Å². The first-order valence-electron chi connectivity index (χ1n) is 8.27. The van der Waals surface area contributed by atoms with Crippen molar-refractivity contribution in [3.05, 3.63) is 88.2 Å². The van der Waals surface area contributed by atoms with Gasteiger partial charge in [-0.1, -0.05) is 54.1 Å². The third-order valence-electron chi connectivity index (χ3n) is 4.22. The van der Waals surface area contributed by atoms with E-state index in [1.807, 2.05) is 30.3 Å². The van der Waals surface area contributed by atoms with E-state index in [1.54, 1.807) is 24.3 Å². The van der Waals surface area contributed by atoms with Crippen LogP contribution in [0.2, 0.25) is 5.15 Å². The van der Waals surface area contributed by atoms with Gasteiger partial charge in [-0.2, -0.15) is 0 Å². The van der Waals surface area contributed by atoms with Gasteiger partial charge in [-0.05, 0) is 17.7 Å². The molecule has 0 radical (unpaired) electrons. The van der Waals surface area contributed by atoms with Crippen LogP contribution in [0.1, 0.15) is 32.0 Å². The van der Waals surface area contributed by atoms with Gasteiger partial charge in [0, 0.05) is 6.07 Å². The SMILES string of the molecule is O=C1c2ccccc2C(=O)N1Cc1nnc(Cl)cc1OCc1ccccc1. The van der Waals surface area contributed by atoms with Gasteiger partial charge in [0.25, 0.3) is 11.8 Å². The van der Waals surface area contributed by atoms with E-state index in [0.29, 0.717) is 29.2 Å². The van der Waals surface area contributed by atoms with Crippen LogP contribution in [0.25, 0.3) is 0 Å². The quantitative estimate of drug-likeness (QED) is 0.634. The highest BCUT2D eigenvalue weighted by atomic mass is 35.5. The normalized spacial score (nSPS) is 13.0. The van der Waals surface area contributed by atoms with Gasteiger partial charge in [-0.25, -0.2) is 0 Å². The Balaban J connectivity index is 1.58. The number of ether oxygens (including phenoxy) is 1. The zero-order valence-corrected chi connectivity index (χ0v) is 14.9. The highest BCUT2D eigenvalue weighted by Crippen LogP contribution is 2.27. The molecule has 1 aliphatic rings. The van der Waals surface area contributed by atoms with Gasteiger partial charge in [-0.3, -0.25) is 14.5 Å². The molecule has 7 heteroatoms. The minimum Gasteiger partial charge on any atom is -0.487 e. The summed E-state index contributed by atoms with van der Waals surface area (Å²) in [5, 5.41) is 8.03. The summed E-state index contributed by atoms with van der Waals surface area (Å²) in [4.78, 5) is 26.3. The van der Waals surface area contributed by atoms with Crippen LogP contribution in [0.3, 0.4) is 0 Å². The maximum atomic E-state index is 12.6. The predicted octanol–water partition coefficient (Wildman–Crippen LogP) is 3.51. The van der Waals surface area contributed by atoms with Crippen LogP contribution in [0.15, 0.2) is 60.7 Å². The summed E-state index contributed by atoms with van der Waals surface area (Å²) < 4.78 is 5.83. The average Bonchev–Trinajstić information content (AvgIpc) is 2.94. The van der Waals surface area contributed by atoms with Crippen molar-refractivity contribution in [3.63, 3.8) is 0 Å². The van der Waals surface area contributed by atoms with Crippen molar-refractivity contribution in [2.24, 2.45) is 0 Å². The largest absolute Gasteiger partial charge is 0.487 e. The first-order valence-corrected chi connectivity index (χ1v) is 8.65. The molecule has 134 valence electrons. The Kier molecular flexibility index (Phi) is 4.56. The Hall–Kier alpha value is -3.25. The summed E-state index contributed by atoms with van der Waals surface area (Å²) in [5.41, 5.74) is 2.11. The summed E-state index contributed by atoms with van der Waals surface area (Å²) >= 11 is 5.94. The number of benzene rings is 2. The van der Waals surface area contributed by atoms with E-state index in [1.165, 1.54) is 6.07 Å². The first kappa shape index (κ1) is 17.2. The van der Waals surface area contributed by atoms with E-state index in [2.05, 4.69) is 10.2 Å². The van der Waals surface area contributed by atoms with Crippen molar-refractivity contribution in [3.8, 4) is 5.75 Å². The number of halogens is 1. The number of hydrogen-bond acceptors (Lipinski definition) is 5. The zero-order valence-electron chi connectivity index (χ0n) is 14.1. The third-order valence-corrected chi connectivity index (χ3v) is 4.41. The van der Waals surface area contributed by atoms with Crippen molar-refractivity contribution in [1.29, 1.82) is 0 Å². The first-order chi connectivity index (χ1) is 13.1. The van der Waals surface area contributed by atoms with E-state index in [-0.39, 0.29) is 23.5 Å². The Morgan fingerprint density at radius 1 is 0.889 bits per heavy atom. The Morgan fingerprint density at radius 3 is 2.19 bits per heavy atom. The molecule has 27 heavy (non-hydrogen) atoms. The fraction of sp³-hybridized carbons (Fsp3) is 0.100. The maximum absolute atomic E-state index is 12.6. The molecule has 2 aromatic carbocycles. The maximum Gasteiger partial charge on any atom is 0.261 e. The molecule has 0 saturated heterocycles. The minimum atomic E-state index is -0.360. The molecule has 4 rings (SSSR count). The molecule has 2 heterocycles. The molecule has 1 aromatic heterocycles. The van der Waals surface area contributed by atoms with E-state index < -0.39 is 0 Å². The summed E-state index contributed by atoms with van der Waals surface area (Å²) in [6.45, 7) is 0.263. The lowest BCUT2D eigenvalue weighted by Crippen LogP contribution is -2.29. The van der Waals surface area contributed by atoms with Gasteiger partial charge >= 0.3 is 0 Å². The number of carbonyl (C=O) groups is 2. The van der Waals surface area contributed by atoms with Crippen molar-refractivity contribution in [2.75, 3.05) is 0 Å².